The van der Waals surface area contributed by atoms with Gasteiger partial charge in [0, 0.05) is 51.7 Å². The molecule has 1 saturated carbocycles. The number of carbonyl (C=O) groups excluding carboxylic acids is 1. The Morgan fingerprint density at radius 2 is 1.65 bits per heavy atom. The van der Waals surface area contributed by atoms with Crippen molar-refractivity contribution >= 4 is 15.9 Å². The van der Waals surface area contributed by atoms with Crippen LogP contribution in [0.25, 0.3) is 0 Å². The number of nitrogens with zero attached hydrogens (tertiary/aromatic N) is 3. The number of ether oxygens (including phenoxy) is 1. The van der Waals surface area contributed by atoms with E-state index >= 15 is 0 Å². The van der Waals surface area contributed by atoms with Crippen LogP contribution >= 0.6 is 0 Å². The highest BCUT2D eigenvalue weighted by Crippen LogP contribution is 2.31. The van der Waals surface area contributed by atoms with Gasteiger partial charge in [-0.25, -0.2) is 12.7 Å². The van der Waals surface area contributed by atoms with Crippen molar-refractivity contribution in [3.63, 3.8) is 0 Å². The number of likely N-dealkylation sites (tertiary alicyclic amines) is 1. The van der Waals surface area contributed by atoms with Gasteiger partial charge in [-0.3, -0.25) is 9.69 Å². The third-order valence-corrected chi connectivity index (χ3v) is 8.71. The van der Waals surface area contributed by atoms with Crippen LogP contribution in [-0.4, -0.2) is 92.7 Å². The van der Waals surface area contributed by atoms with Crippen LogP contribution in [0.3, 0.4) is 0 Å². The summed E-state index contributed by atoms with van der Waals surface area (Å²) in [4.78, 5) is 16.5. The van der Waals surface area contributed by atoms with Crippen molar-refractivity contribution in [1.82, 2.24) is 14.1 Å². The zero-order chi connectivity index (χ0) is 18.1. The van der Waals surface area contributed by atoms with Crippen molar-refractivity contribution in [2.75, 3.05) is 59.0 Å². The number of morpholine rings is 1. The largest absolute Gasteiger partial charge is 0.379 e. The van der Waals surface area contributed by atoms with Crippen LogP contribution in [0.1, 0.15) is 32.1 Å². The number of rotatable bonds is 5. The second-order valence-corrected chi connectivity index (χ2v) is 10.5. The first-order valence-electron chi connectivity index (χ1n) is 10.1. The summed E-state index contributed by atoms with van der Waals surface area (Å²) in [5.41, 5.74) is 0. The van der Waals surface area contributed by atoms with Crippen LogP contribution in [0.5, 0.6) is 0 Å². The Bertz CT molecular complexity index is 608. The molecule has 0 radical (unpaired) electrons. The van der Waals surface area contributed by atoms with E-state index in [4.69, 9.17) is 4.74 Å². The van der Waals surface area contributed by atoms with Crippen LogP contribution in [0.15, 0.2) is 0 Å². The molecule has 1 atom stereocenters. The second kappa shape index (κ2) is 7.73. The van der Waals surface area contributed by atoms with Crippen LogP contribution in [-0.2, 0) is 19.6 Å². The Hall–Kier alpha value is -0.700. The fourth-order valence-corrected chi connectivity index (χ4v) is 6.71. The second-order valence-electron chi connectivity index (χ2n) is 8.32. The van der Waals surface area contributed by atoms with Crippen molar-refractivity contribution < 1.29 is 17.9 Å². The number of sulfonamides is 1. The maximum Gasteiger partial charge on any atom is 0.225 e. The molecule has 3 aliphatic heterocycles. The lowest BCUT2D eigenvalue weighted by molar-refractivity contribution is -0.138. The monoisotopic (exact) mass is 385 g/mol. The minimum Gasteiger partial charge on any atom is -0.379 e. The Labute approximate surface area is 156 Å². The van der Waals surface area contributed by atoms with Crippen molar-refractivity contribution in [2.24, 2.45) is 11.8 Å². The minimum atomic E-state index is -3.27. The van der Waals surface area contributed by atoms with Gasteiger partial charge in [-0.2, -0.15) is 0 Å². The molecule has 0 aromatic heterocycles. The molecule has 0 bridgehead atoms. The van der Waals surface area contributed by atoms with Gasteiger partial charge in [0.1, 0.15) is 5.25 Å². The third-order valence-electron chi connectivity index (χ3n) is 6.51. The quantitative estimate of drug-likeness (QED) is 0.684. The zero-order valence-corrected chi connectivity index (χ0v) is 16.3. The number of carbonyl (C=O) groups is 1. The highest BCUT2D eigenvalue weighted by atomic mass is 32.2. The zero-order valence-electron chi connectivity index (χ0n) is 15.5. The van der Waals surface area contributed by atoms with Gasteiger partial charge in [0.05, 0.1) is 13.2 Å². The first kappa shape index (κ1) is 18.7. The van der Waals surface area contributed by atoms with Crippen molar-refractivity contribution in [2.45, 2.75) is 37.4 Å². The number of hydrogen-bond donors (Lipinski definition) is 0. The molecule has 7 nitrogen and oxygen atoms in total. The molecule has 4 rings (SSSR count). The molecule has 0 spiro atoms. The van der Waals surface area contributed by atoms with Crippen LogP contribution in [0.4, 0.5) is 0 Å². The first-order valence-corrected chi connectivity index (χ1v) is 11.6. The smallest absolute Gasteiger partial charge is 0.225 e. The molecule has 0 aromatic rings. The van der Waals surface area contributed by atoms with Crippen LogP contribution < -0.4 is 0 Å². The van der Waals surface area contributed by atoms with E-state index in [1.165, 1.54) is 0 Å². The molecule has 3 heterocycles. The van der Waals surface area contributed by atoms with E-state index in [2.05, 4.69) is 4.90 Å². The van der Waals surface area contributed by atoms with Gasteiger partial charge in [-0.05, 0) is 25.2 Å². The third kappa shape index (κ3) is 3.79. The Morgan fingerprint density at radius 1 is 0.962 bits per heavy atom. The number of hydrogen-bond acceptors (Lipinski definition) is 5. The molecule has 4 aliphatic rings. The molecule has 148 valence electrons. The van der Waals surface area contributed by atoms with E-state index in [1.807, 2.05) is 0 Å². The van der Waals surface area contributed by atoms with Gasteiger partial charge >= 0.3 is 0 Å². The molecule has 0 unspecified atom stereocenters. The first-order chi connectivity index (χ1) is 12.5. The highest BCUT2D eigenvalue weighted by molar-refractivity contribution is 7.89. The average molecular weight is 386 g/mol. The molecule has 26 heavy (non-hydrogen) atoms. The van der Waals surface area contributed by atoms with E-state index in [1.54, 1.807) is 9.21 Å². The lowest BCUT2D eigenvalue weighted by Gasteiger charge is -2.41. The standard InChI is InChI=1S/C18H31N3O4S/c22-18(16-3-1-2-4-16)20-13-17(14-20)26(23,24)21-6-5-15(12-21)11-19-7-9-25-10-8-19/h15-17H,1-14H2/t15-/m0/s1. The molecule has 8 heteroatoms. The Morgan fingerprint density at radius 3 is 2.35 bits per heavy atom. The van der Waals surface area contributed by atoms with Crippen LogP contribution in [0.2, 0.25) is 0 Å². The molecule has 3 saturated heterocycles. The molecule has 0 aromatic carbocycles. The molecular formula is C18H31N3O4S. The fraction of sp³-hybridized carbons (Fsp3) is 0.944. The van der Waals surface area contributed by atoms with Gasteiger partial charge in [0.25, 0.3) is 0 Å². The van der Waals surface area contributed by atoms with Gasteiger partial charge in [0.2, 0.25) is 15.9 Å². The minimum absolute atomic E-state index is 0.142. The normalized spacial score (nSPS) is 30.0. The van der Waals surface area contributed by atoms with Gasteiger partial charge in [0.15, 0.2) is 0 Å². The SMILES string of the molecule is O=C(C1CCCC1)N1CC(S(=O)(=O)N2CC[C@@H](CN3CCOCC3)C2)C1. The van der Waals surface area contributed by atoms with Gasteiger partial charge in [-0.15, -0.1) is 0 Å². The molecule has 1 amide bonds. The summed E-state index contributed by atoms with van der Waals surface area (Å²) in [6, 6.07) is 0. The van der Waals surface area contributed by atoms with Crippen molar-refractivity contribution in [3.05, 3.63) is 0 Å². The van der Waals surface area contributed by atoms with Crippen molar-refractivity contribution in [1.29, 1.82) is 0 Å². The summed E-state index contributed by atoms with van der Waals surface area (Å²) in [6.45, 7) is 6.46. The summed E-state index contributed by atoms with van der Waals surface area (Å²) < 4.78 is 32.9. The van der Waals surface area contributed by atoms with Gasteiger partial charge in [-0.1, -0.05) is 12.8 Å². The fourth-order valence-electron chi connectivity index (χ4n) is 4.77. The summed E-state index contributed by atoms with van der Waals surface area (Å²) in [5.74, 6) is 0.739. The summed E-state index contributed by atoms with van der Waals surface area (Å²) >= 11 is 0. The van der Waals surface area contributed by atoms with Crippen LogP contribution in [0, 0.1) is 11.8 Å². The lowest BCUT2D eigenvalue weighted by Crippen LogP contribution is -2.60. The average Bonchev–Trinajstić information content (AvgIpc) is 3.26. The molecular weight excluding hydrogens is 354 g/mol. The summed E-state index contributed by atoms with van der Waals surface area (Å²) in [6.07, 6.45) is 5.15. The molecule has 4 fully saturated rings. The van der Waals surface area contributed by atoms with E-state index in [0.717, 1.165) is 65.0 Å². The maximum atomic E-state index is 12.9. The molecule has 1 aliphatic carbocycles. The topological polar surface area (TPSA) is 70.2 Å². The van der Waals surface area contributed by atoms with Gasteiger partial charge < -0.3 is 9.64 Å². The number of amides is 1. The van der Waals surface area contributed by atoms with Crippen molar-refractivity contribution in [3.8, 4) is 0 Å². The predicted octanol–water partition coefficient (Wildman–Crippen LogP) is 0.371. The lowest BCUT2D eigenvalue weighted by atomic mass is 10.0. The molecule has 0 N–H and O–H groups in total. The van der Waals surface area contributed by atoms with E-state index in [9.17, 15) is 13.2 Å². The van der Waals surface area contributed by atoms with E-state index < -0.39 is 15.3 Å². The van der Waals surface area contributed by atoms with E-state index in [0.29, 0.717) is 32.1 Å². The highest BCUT2D eigenvalue weighted by Gasteiger charge is 2.45. The summed E-state index contributed by atoms with van der Waals surface area (Å²) in [5, 5.41) is -0.394. The summed E-state index contributed by atoms with van der Waals surface area (Å²) in [7, 11) is -3.27. The maximum absolute atomic E-state index is 12.9. The van der Waals surface area contributed by atoms with E-state index in [-0.39, 0.29) is 11.8 Å². The predicted molar refractivity (Wildman–Crippen MR) is 98.2 cm³/mol. The Kier molecular flexibility index (Phi) is 5.55. The Balaban J connectivity index is 1.26.